The Morgan fingerprint density at radius 1 is 1.10 bits per heavy atom. The van der Waals surface area contributed by atoms with Crippen LogP contribution in [0.1, 0.15) is 11.1 Å². The van der Waals surface area contributed by atoms with Crippen molar-refractivity contribution in [3.8, 4) is 11.1 Å². The van der Waals surface area contributed by atoms with Crippen LogP contribution in [0.2, 0.25) is 0 Å². The molecule has 2 nitrogen and oxygen atoms in total. The lowest BCUT2D eigenvalue weighted by atomic mass is 9.95. The summed E-state index contributed by atoms with van der Waals surface area (Å²) in [5.74, 6) is 0. The van der Waals surface area contributed by atoms with Gasteiger partial charge in [0, 0.05) is 22.0 Å². The summed E-state index contributed by atoms with van der Waals surface area (Å²) >= 11 is 0. The molecule has 1 N–H and O–H groups in total. The fraction of sp³-hybridized carbons (Fsp3) is 0.0556. The average Bonchev–Trinajstić information content (AvgIpc) is 2.47. The standard InChI is InChI=1S/C18H15NO/c1-3-14-17(13-7-5-4-6-8-13)15-11-12(2)9-10-16(15)19-18(14)20/h3-11H,1H2,2H3,(H,19,20). The van der Waals surface area contributed by atoms with Gasteiger partial charge < -0.3 is 4.98 Å². The minimum atomic E-state index is -0.102. The highest BCUT2D eigenvalue weighted by molar-refractivity contribution is 5.98. The zero-order valence-corrected chi connectivity index (χ0v) is 11.3. The number of nitrogens with one attached hydrogen (secondary N) is 1. The molecule has 0 bridgehead atoms. The molecule has 20 heavy (non-hydrogen) atoms. The number of hydrogen-bond donors (Lipinski definition) is 1. The summed E-state index contributed by atoms with van der Waals surface area (Å²) in [6.45, 7) is 5.84. The Morgan fingerprint density at radius 2 is 1.85 bits per heavy atom. The van der Waals surface area contributed by atoms with Gasteiger partial charge in [0.05, 0.1) is 0 Å². The number of aromatic amines is 1. The third kappa shape index (κ3) is 1.95. The SMILES string of the molecule is C=Cc1c(-c2ccccc2)c2cc(C)ccc2[nH]c1=O. The van der Waals surface area contributed by atoms with E-state index in [1.807, 2.05) is 49.4 Å². The molecular formula is C18H15NO. The highest BCUT2D eigenvalue weighted by Gasteiger charge is 2.12. The fourth-order valence-electron chi connectivity index (χ4n) is 2.53. The molecule has 2 heteroatoms. The number of H-pyrrole nitrogens is 1. The predicted octanol–water partition coefficient (Wildman–Crippen LogP) is 4.15. The molecule has 1 aromatic heterocycles. The molecule has 0 saturated heterocycles. The molecule has 3 rings (SSSR count). The number of fused-ring (bicyclic) bond motifs is 1. The van der Waals surface area contributed by atoms with Crippen molar-refractivity contribution in [1.29, 1.82) is 0 Å². The molecule has 0 aliphatic rings. The van der Waals surface area contributed by atoms with Crippen LogP contribution in [0.3, 0.4) is 0 Å². The van der Waals surface area contributed by atoms with Gasteiger partial charge in [0.1, 0.15) is 0 Å². The molecule has 1 heterocycles. The summed E-state index contributed by atoms with van der Waals surface area (Å²) in [5.41, 5.74) is 4.51. The highest BCUT2D eigenvalue weighted by atomic mass is 16.1. The molecule has 0 aliphatic carbocycles. The van der Waals surface area contributed by atoms with Crippen molar-refractivity contribution < 1.29 is 0 Å². The summed E-state index contributed by atoms with van der Waals surface area (Å²) in [6.07, 6.45) is 1.63. The molecule has 3 aromatic rings. The Kier molecular flexibility index (Phi) is 2.99. The molecule has 2 aromatic carbocycles. The molecule has 0 spiro atoms. The summed E-state index contributed by atoms with van der Waals surface area (Å²) in [4.78, 5) is 15.1. The van der Waals surface area contributed by atoms with Gasteiger partial charge in [0.15, 0.2) is 0 Å². The van der Waals surface area contributed by atoms with E-state index in [0.29, 0.717) is 5.56 Å². The van der Waals surface area contributed by atoms with E-state index in [0.717, 1.165) is 27.6 Å². The van der Waals surface area contributed by atoms with Gasteiger partial charge in [-0.05, 0) is 24.6 Å². The Labute approximate surface area is 117 Å². The minimum absolute atomic E-state index is 0.102. The van der Waals surface area contributed by atoms with Crippen LogP contribution in [0.15, 0.2) is 59.9 Å². The van der Waals surface area contributed by atoms with Crippen LogP contribution >= 0.6 is 0 Å². The number of aryl methyl sites for hydroxylation is 1. The Morgan fingerprint density at radius 3 is 2.55 bits per heavy atom. The van der Waals surface area contributed by atoms with Crippen LogP contribution in [0.5, 0.6) is 0 Å². The first kappa shape index (κ1) is 12.4. The Bertz CT molecular complexity index is 844. The van der Waals surface area contributed by atoms with Crippen LogP contribution in [-0.2, 0) is 0 Å². The predicted molar refractivity (Wildman–Crippen MR) is 84.8 cm³/mol. The second kappa shape index (κ2) is 4.82. The van der Waals surface area contributed by atoms with Crippen molar-refractivity contribution in [3.63, 3.8) is 0 Å². The zero-order valence-electron chi connectivity index (χ0n) is 11.3. The largest absolute Gasteiger partial charge is 0.321 e. The van der Waals surface area contributed by atoms with Gasteiger partial charge in [0.25, 0.3) is 5.56 Å². The molecule has 0 saturated carbocycles. The molecule has 0 amide bonds. The average molecular weight is 261 g/mol. The van der Waals surface area contributed by atoms with Crippen LogP contribution in [0.4, 0.5) is 0 Å². The van der Waals surface area contributed by atoms with Crippen molar-refractivity contribution in [2.45, 2.75) is 6.92 Å². The summed E-state index contributed by atoms with van der Waals surface area (Å²) in [6, 6.07) is 16.0. The lowest BCUT2D eigenvalue weighted by Crippen LogP contribution is -2.11. The number of hydrogen-bond acceptors (Lipinski definition) is 1. The van der Waals surface area contributed by atoms with Crippen molar-refractivity contribution in [2.75, 3.05) is 0 Å². The molecule has 0 aliphatic heterocycles. The van der Waals surface area contributed by atoms with Crippen LogP contribution in [0, 0.1) is 6.92 Å². The van der Waals surface area contributed by atoms with E-state index in [-0.39, 0.29) is 5.56 Å². The molecule has 0 fully saturated rings. The van der Waals surface area contributed by atoms with E-state index >= 15 is 0 Å². The molecule has 0 radical (unpaired) electrons. The number of benzene rings is 2. The van der Waals surface area contributed by atoms with Gasteiger partial charge in [-0.15, -0.1) is 0 Å². The third-order valence-electron chi connectivity index (χ3n) is 3.47. The fourth-order valence-corrected chi connectivity index (χ4v) is 2.53. The number of aromatic nitrogens is 1. The van der Waals surface area contributed by atoms with Crippen molar-refractivity contribution in [3.05, 3.63) is 76.6 Å². The number of pyridine rings is 1. The summed E-state index contributed by atoms with van der Waals surface area (Å²) < 4.78 is 0. The van der Waals surface area contributed by atoms with Crippen LogP contribution in [-0.4, -0.2) is 4.98 Å². The second-order valence-corrected chi connectivity index (χ2v) is 4.86. The van der Waals surface area contributed by atoms with E-state index in [9.17, 15) is 4.79 Å². The normalized spacial score (nSPS) is 10.7. The first-order valence-electron chi connectivity index (χ1n) is 6.55. The summed E-state index contributed by atoms with van der Waals surface area (Å²) in [5, 5.41) is 1.05. The Hall–Kier alpha value is -2.61. The maximum atomic E-state index is 12.2. The van der Waals surface area contributed by atoms with E-state index in [1.54, 1.807) is 6.08 Å². The Balaban J connectivity index is 2.52. The van der Waals surface area contributed by atoms with Gasteiger partial charge in [0.2, 0.25) is 0 Å². The maximum absolute atomic E-state index is 12.2. The molecule has 0 atom stereocenters. The van der Waals surface area contributed by atoms with E-state index in [1.165, 1.54) is 0 Å². The first-order valence-corrected chi connectivity index (χ1v) is 6.55. The zero-order chi connectivity index (χ0) is 14.1. The van der Waals surface area contributed by atoms with Gasteiger partial charge >= 0.3 is 0 Å². The third-order valence-corrected chi connectivity index (χ3v) is 3.47. The number of rotatable bonds is 2. The van der Waals surface area contributed by atoms with Gasteiger partial charge in [-0.2, -0.15) is 0 Å². The van der Waals surface area contributed by atoms with Gasteiger partial charge in [-0.1, -0.05) is 54.6 Å². The summed E-state index contributed by atoms with van der Waals surface area (Å²) in [7, 11) is 0. The second-order valence-electron chi connectivity index (χ2n) is 4.86. The van der Waals surface area contributed by atoms with Crippen molar-refractivity contribution in [1.82, 2.24) is 4.98 Å². The topological polar surface area (TPSA) is 32.9 Å². The molecule has 0 unspecified atom stereocenters. The monoisotopic (exact) mass is 261 g/mol. The van der Waals surface area contributed by atoms with Gasteiger partial charge in [-0.3, -0.25) is 4.79 Å². The first-order chi connectivity index (χ1) is 9.70. The van der Waals surface area contributed by atoms with E-state index in [2.05, 4.69) is 17.6 Å². The van der Waals surface area contributed by atoms with Crippen molar-refractivity contribution in [2.24, 2.45) is 0 Å². The van der Waals surface area contributed by atoms with Crippen molar-refractivity contribution >= 4 is 17.0 Å². The molecule has 98 valence electrons. The quantitative estimate of drug-likeness (QED) is 0.738. The van der Waals surface area contributed by atoms with E-state index in [4.69, 9.17) is 0 Å². The lowest BCUT2D eigenvalue weighted by molar-refractivity contribution is 1.29. The minimum Gasteiger partial charge on any atom is -0.321 e. The lowest BCUT2D eigenvalue weighted by Gasteiger charge is -2.11. The van der Waals surface area contributed by atoms with E-state index < -0.39 is 0 Å². The van der Waals surface area contributed by atoms with Gasteiger partial charge in [-0.25, -0.2) is 0 Å². The maximum Gasteiger partial charge on any atom is 0.256 e. The van der Waals surface area contributed by atoms with Crippen LogP contribution in [0.25, 0.3) is 28.1 Å². The highest BCUT2D eigenvalue weighted by Crippen LogP contribution is 2.30. The molecular weight excluding hydrogens is 246 g/mol. The van der Waals surface area contributed by atoms with Crippen LogP contribution < -0.4 is 5.56 Å². The smallest absolute Gasteiger partial charge is 0.256 e.